The Morgan fingerprint density at radius 2 is 1.78 bits per heavy atom. The first-order valence-electron chi connectivity index (χ1n) is 7.53. The van der Waals surface area contributed by atoms with Crippen LogP contribution in [0, 0.1) is 23.7 Å². The average Bonchev–Trinajstić information content (AvgIpc) is 3.02. The van der Waals surface area contributed by atoms with Crippen molar-refractivity contribution < 1.29 is 14.7 Å². The third kappa shape index (κ3) is 2.68. The molecule has 1 fully saturated rings. The number of amides is 1. The molecule has 1 aromatic rings. The van der Waals surface area contributed by atoms with Crippen LogP contribution < -0.4 is 10.4 Å². The predicted octanol–water partition coefficient (Wildman–Crippen LogP) is 2.41. The summed E-state index contributed by atoms with van der Waals surface area (Å²) in [4.78, 5) is 24.3. The first-order valence-corrected chi connectivity index (χ1v) is 7.91. The normalized spacial score (nSPS) is 28.0. The number of hydrogen-bond acceptors (Lipinski definition) is 3. The SMILES string of the molecule is CC(C)=C1[C@H]2C=C[C@@H]1[C@@H](C(=O)Nc1cccc(Cl)c1)[C@H]2C(=O)[O-]. The summed E-state index contributed by atoms with van der Waals surface area (Å²) in [6.45, 7) is 3.90. The molecule has 1 N–H and O–H groups in total. The summed E-state index contributed by atoms with van der Waals surface area (Å²) in [7, 11) is 0. The highest BCUT2D eigenvalue weighted by atomic mass is 35.5. The number of carboxylic acids is 1. The standard InChI is InChI=1S/C18H18ClNO3/c1-9(2)14-12-6-7-13(14)16(18(22)23)15(12)17(21)20-11-5-3-4-10(19)8-11/h3-8,12-13,15-16H,1-2H3,(H,20,21)(H,22,23)/p-1/t12-,13+,15+,16-/m0/s1. The zero-order chi connectivity index (χ0) is 16.7. The van der Waals surface area contributed by atoms with Gasteiger partial charge >= 0.3 is 0 Å². The van der Waals surface area contributed by atoms with Gasteiger partial charge in [0.25, 0.3) is 0 Å². The summed E-state index contributed by atoms with van der Waals surface area (Å²) in [5.41, 5.74) is 2.66. The maximum atomic E-state index is 12.7. The van der Waals surface area contributed by atoms with Gasteiger partial charge in [0.1, 0.15) is 0 Å². The highest BCUT2D eigenvalue weighted by Crippen LogP contribution is 2.53. The summed E-state index contributed by atoms with van der Waals surface area (Å²) in [5.74, 6) is -3.38. The second-order valence-electron chi connectivity index (χ2n) is 6.26. The van der Waals surface area contributed by atoms with Crippen molar-refractivity contribution in [2.75, 3.05) is 5.32 Å². The average molecular weight is 331 g/mol. The van der Waals surface area contributed by atoms with E-state index in [-0.39, 0.29) is 17.7 Å². The molecule has 5 heteroatoms. The maximum Gasteiger partial charge on any atom is 0.229 e. The van der Waals surface area contributed by atoms with Crippen LogP contribution in [-0.2, 0) is 9.59 Å². The van der Waals surface area contributed by atoms with Crippen molar-refractivity contribution in [1.82, 2.24) is 0 Å². The Morgan fingerprint density at radius 1 is 1.13 bits per heavy atom. The molecule has 0 heterocycles. The van der Waals surface area contributed by atoms with Gasteiger partial charge < -0.3 is 15.2 Å². The van der Waals surface area contributed by atoms with E-state index in [0.717, 1.165) is 11.1 Å². The molecule has 0 radical (unpaired) electrons. The lowest BCUT2D eigenvalue weighted by atomic mass is 9.82. The zero-order valence-electron chi connectivity index (χ0n) is 12.9. The largest absolute Gasteiger partial charge is 0.550 e. The summed E-state index contributed by atoms with van der Waals surface area (Å²) >= 11 is 5.92. The van der Waals surface area contributed by atoms with Crippen molar-refractivity contribution in [3.05, 3.63) is 52.6 Å². The first kappa shape index (κ1) is 15.8. The van der Waals surface area contributed by atoms with E-state index >= 15 is 0 Å². The Hall–Kier alpha value is -2.07. The molecular formula is C18H17ClNO3-. The highest BCUT2D eigenvalue weighted by Gasteiger charge is 2.52. The van der Waals surface area contributed by atoms with E-state index in [1.54, 1.807) is 24.3 Å². The van der Waals surface area contributed by atoms with Gasteiger partial charge in [0, 0.05) is 34.4 Å². The Labute approximate surface area is 139 Å². The summed E-state index contributed by atoms with van der Waals surface area (Å²) < 4.78 is 0. The monoisotopic (exact) mass is 330 g/mol. The molecule has 120 valence electrons. The van der Waals surface area contributed by atoms with Gasteiger partial charge in [-0.25, -0.2) is 0 Å². The number of nitrogens with one attached hydrogen (secondary N) is 1. The van der Waals surface area contributed by atoms with Crippen LogP contribution in [0.5, 0.6) is 0 Å². The Bertz CT molecular complexity index is 734. The second-order valence-corrected chi connectivity index (χ2v) is 6.70. The summed E-state index contributed by atoms with van der Waals surface area (Å²) in [6, 6.07) is 6.81. The number of fused-ring (bicyclic) bond motifs is 2. The van der Waals surface area contributed by atoms with E-state index in [4.69, 9.17) is 11.6 Å². The van der Waals surface area contributed by atoms with E-state index in [1.165, 1.54) is 0 Å². The third-order valence-electron chi connectivity index (χ3n) is 4.65. The molecule has 4 nitrogen and oxygen atoms in total. The van der Waals surface area contributed by atoms with Crippen LogP contribution in [0.3, 0.4) is 0 Å². The van der Waals surface area contributed by atoms with Crippen molar-refractivity contribution in [2.45, 2.75) is 13.8 Å². The molecule has 3 rings (SSSR count). The number of allylic oxidation sites excluding steroid dienone is 4. The fourth-order valence-electron chi connectivity index (χ4n) is 3.82. The second kappa shape index (κ2) is 5.85. The number of carbonyl (C=O) groups is 2. The zero-order valence-corrected chi connectivity index (χ0v) is 13.6. The van der Waals surface area contributed by atoms with Gasteiger partial charge in [-0.05, 0) is 32.0 Å². The fourth-order valence-corrected chi connectivity index (χ4v) is 4.01. The molecule has 0 unspecified atom stereocenters. The fraction of sp³-hybridized carbons (Fsp3) is 0.333. The number of benzene rings is 1. The van der Waals surface area contributed by atoms with Crippen molar-refractivity contribution in [2.24, 2.45) is 23.7 Å². The van der Waals surface area contributed by atoms with Crippen LogP contribution in [-0.4, -0.2) is 11.9 Å². The number of rotatable bonds is 3. The predicted molar refractivity (Wildman–Crippen MR) is 86.6 cm³/mol. The molecule has 4 atom stereocenters. The maximum absolute atomic E-state index is 12.7. The Morgan fingerprint density at radius 3 is 2.35 bits per heavy atom. The molecule has 0 aliphatic heterocycles. The van der Waals surface area contributed by atoms with Crippen LogP contribution in [0.1, 0.15) is 13.8 Å². The summed E-state index contributed by atoms with van der Waals surface area (Å²) in [5, 5.41) is 14.9. The van der Waals surface area contributed by atoms with Gasteiger partial charge in [0.05, 0.1) is 5.92 Å². The summed E-state index contributed by atoms with van der Waals surface area (Å²) in [6.07, 6.45) is 3.82. The van der Waals surface area contributed by atoms with E-state index < -0.39 is 17.8 Å². The molecule has 2 bridgehead atoms. The number of anilines is 1. The van der Waals surface area contributed by atoms with Crippen LogP contribution in [0.4, 0.5) is 5.69 Å². The van der Waals surface area contributed by atoms with Gasteiger partial charge in [-0.3, -0.25) is 4.79 Å². The number of aliphatic carboxylic acids is 1. The van der Waals surface area contributed by atoms with Gasteiger partial charge in [-0.15, -0.1) is 0 Å². The number of halogens is 1. The lowest BCUT2D eigenvalue weighted by Crippen LogP contribution is -2.42. The molecule has 2 aliphatic carbocycles. The molecule has 0 spiro atoms. The van der Waals surface area contributed by atoms with Crippen molar-refractivity contribution in [3.8, 4) is 0 Å². The van der Waals surface area contributed by atoms with E-state index in [9.17, 15) is 14.7 Å². The molecule has 23 heavy (non-hydrogen) atoms. The molecule has 1 saturated carbocycles. The minimum atomic E-state index is -1.17. The molecule has 1 aromatic carbocycles. The number of carbonyl (C=O) groups excluding carboxylic acids is 2. The molecule has 0 saturated heterocycles. The number of carboxylic acid groups (broad SMARTS) is 1. The lowest BCUT2D eigenvalue weighted by Gasteiger charge is -2.27. The van der Waals surface area contributed by atoms with Gasteiger partial charge in [0.2, 0.25) is 5.91 Å². The van der Waals surface area contributed by atoms with Gasteiger partial charge in [-0.2, -0.15) is 0 Å². The quantitative estimate of drug-likeness (QED) is 0.865. The topological polar surface area (TPSA) is 69.2 Å². The van der Waals surface area contributed by atoms with Crippen LogP contribution in [0.25, 0.3) is 0 Å². The molecule has 1 amide bonds. The molecule has 2 aliphatic rings. The molecule has 0 aromatic heterocycles. The van der Waals surface area contributed by atoms with E-state index in [0.29, 0.717) is 10.7 Å². The highest BCUT2D eigenvalue weighted by molar-refractivity contribution is 6.30. The van der Waals surface area contributed by atoms with Crippen molar-refractivity contribution in [1.29, 1.82) is 0 Å². The Kier molecular flexibility index (Phi) is 4.02. The third-order valence-corrected chi connectivity index (χ3v) is 4.88. The van der Waals surface area contributed by atoms with Crippen LogP contribution >= 0.6 is 11.6 Å². The van der Waals surface area contributed by atoms with Crippen LogP contribution in [0.2, 0.25) is 5.02 Å². The lowest BCUT2D eigenvalue weighted by molar-refractivity contribution is -0.313. The van der Waals surface area contributed by atoms with Crippen molar-refractivity contribution >= 4 is 29.2 Å². The first-order chi connectivity index (χ1) is 10.9. The smallest absolute Gasteiger partial charge is 0.229 e. The van der Waals surface area contributed by atoms with Crippen LogP contribution in [0.15, 0.2) is 47.6 Å². The minimum absolute atomic E-state index is 0.174. The van der Waals surface area contributed by atoms with E-state index in [1.807, 2.05) is 26.0 Å². The Balaban J connectivity index is 1.91. The minimum Gasteiger partial charge on any atom is -0.550 e. The van der Waals surface area contributed by atoms with Crippen molar-refractivity contribution in [3.63, 3.8) is 0 Å². The number of hydrogen-bond donors (Lipinski definition) is 1. The van der Waals surface area contributed by atoms with E-state index in [2.05, 4.69) is 5.32 Å². The molecular weight excluding hydrogens is 314 g/mol. The van der Waals surface area contributed by atoms with Gasteiger partial charge in [0.15, 0.2) is 0 Å². The van der Waals surface area contributed by atoms with Gasteiger partial charge in [-0.1, -0.05) is 41.0 Å².